The number of rotatable bonds is 7. The Hall–Kier alpha value is -0.570. The minimum absolute atomic E-state index is 0.0479. The molecule has 1 fully saturated rings. The zero-order valence-electron chi connectivity index (χ0n) is 13.6. The molecule has 1 amide bonds. The van der Waals surface area contributed by atoms with Crippen LogP contribution in [0.1, 0.15) is 60.8 Å². The number of amides is 1. The average molecular weight is 268 g/mol. The van der Waals surface area contributed by atoms with E-state index in [0.717, 1.165) is 25.8 Å². The average Bonchev–Trinajstić information content (AvgIpc) is 2.64. The van der Waals surface area contributed by atoms with E-state index >= 15 is 0 Å². The molecule has 1 aliphatic rings. The van der Waals surface area contributed by atoms with E-state index in [4.69, 9.17) is 0 Å². The van der Waals surface area contributed by atoms with Crippen molar-refractivity contribution in [2.24, 2.45) is 17.8 Å². The maximum absolute atomic E-state index is 12.5. The molecule has 0 spiro atoms. The van der Waals surface area contributed by atoms with Crippen molar-refractivity contribution < 1.29 is 4.79 Å². The van der Waals surface area contributed by atoms with Crippen LogP contribution in [0.3, 0.4) is 0 Å². The standard InChI is InChI=1S/C16H32N2O/c1-7-8-9-14-16(19)18(10-13(6)11(2)3)15(17-14)12(4)5/h11-15,17H,7-10H2,1-6H3. The molecule has 3 heteroatoms. The monoisotopic (exact) mass is 268 g/mol. The number of nitrogens with zero attached hydrogens (tertiary/aromatic N) is 1. The van der Waals surface area contributed by atoms with Gasteiger partial charge in [0.1, 0.15) is 0 Å². The molecule has 112 valence electrons. The Balaban J connectivity index is 2.71. The third-order valence-electron chi connectivity index (χ3n) is 4.39. The second kappa shape index (κ2) is 7.28. The zero-order chi connectivity index (χ0) is 14.6. The summed E-state index contributed by atoms with van der Waals surface area (Å²) in [6, 6.07) is 0.0479. The van der Waals surface area contributed by atoms with Crippen molar-refractivity contribution in [3.63, 3.8) is 0 Å². The lowest BCUT2D eigenvalue weighted by molar-refractivity contribution is -0.131. The normalized spacial score (nSPS) is 25.7. The van der Waals surface area contributed by atoms with Crippen LogP contribution in [0.4, 0.5) is 0 Å². The van der Waals surface area contributed by atoms with E-state index in [1.807, 2.05) is 0 Å². The number of carbonyl (C=O) groups is 1. The highest BCUT2D eigenvalue weighted by Gasteiger charge is 2.40. The molecule has 0 bridgehead atoms. The number of hydrogen-bond donors (Lipinski definition) is 1. The summed E-state index contributed by atoms with van der Waals surface area (Å²) in [5.41, 5.74) is 0. The molecule has 0 saturated carbocycles. The number of hydrogen-bond acceptors (Lipinski definition) is 2. The molecule has 0 aromatic heterocycles. The van der Waals surface area contributed by atoms with Crippen molar-refractivity contribution in [2.75, 3.05) is 6.54 Å². The summed E-state index contributed by atoms with van der Waals surface area (Å²) in [6.45, 7) is 14.2. The lowest BCUT2D eigenvalue weighted by atomic mass is 9.97. The fourth-order valence-corrected chi connectivity index (χ4v) is 2.60. The molecular weight excluding hydrogens is 236 g/mol. The number of nitrogens with one attached hydrogen (secondary N) is 1. The Bertz CT molecular complexity index is 288. The van der Waals surface area contributed by atoms with Crippen molar-refractivity contribution in [3.05, 3.63) is 0 Å². The third-order valence-corrected chi connectivity index (χ3v) is 4.39. The molecule has 19 heavy (non-hydrogen) atoms. The van der Waals surface area contributed by atoms with E-state index < -0.39 is 0 Å². The van der Waals surface area contributed by atoms with Gasteiger partial charge < -0.3 is 4.90 Å². The number of carbonyl (C=O) groups excluding carboxylic acids is 1. The van der Waals surface area contributed by atoms with Gasteiger partial charge in [-0.2, -0.15) is 0 Å². The van der Waals surface area contributed by atoms with E-state index in [-0.39, 0.29) is 12.2 Å². The smallest absolute Gasteiger partial charge is 0.241 e. The second-order valence-electron chi connectivity index (χ2n) is 6.76. The van der Waals surface area contributed by atoms with Crippen LogP contribution < -0.4 is 5.32 Å². The summed E-state index contributed by atoms with van der Waals surface area (Å²) in [6.07, 6.45) is 3.48. The van der Waals surface area contributed by atoms with E-state index in [9.17, 15) is 4.79 Å². The van der Waals surface area contributed by atoms with E-state index in [0.29, 0.717) is 23.7 Å². The minimum atomic E-state index is 0.0479. The Labute approximate surface area is 119 Å². The Kier molecular flexibility index (Phi) is 6.31. The molecule has 0 radical (unpaired) electrons. The van der Waals surface area contributed by atoms with Crippen LogP contribution in [0, 0.1) is 17.8 Å². The molecule has 1 N–H and O–H groups in total. The van der Waals surface area contributed by atoms with Gasteiger partial charge in [-0.1, -0.05) is 54.4 Å². The van der Waals surface area contributed by atoms with Gasteiger partial charge in [0.25, 0.3) is 0 Å². The largest absolute Gasteiger partial charge is 0.325 e. The molecule has 1 rings (SSSR count). The Morgan fingerprint density at radius 1 is 1.21 bits per heavy atom. The van der Waals surface area contributed by atoms with E-state index in [1.165, 1.54) is 0 Å². The van der Waals surface area contributed by atoms with Gasteiger partial charge in [-0.05, 0) is 24.2 Å². The number of unbranched alkanes of at least 4 members (excludes halogenated alkanes) is 1. The van der Waals surface area contributed by atoms with E-state index in [1.54, 1.807) is 0 Å². The first-order chi connectivity index (χ1) is 8.88. The second-order valence-corrected chi connectivity index (χ2v) is 6.76. The van der Waals surface area contributed by atoms with Crippen molar-refractivity contribution in [1.29, 1.82) is 0 Å². The summed E-state index contributed by atoms with van der Waals surface area (Å²) >= 11 is 0. The molecule has 3 atom stereocenters. The van der Waals surface area contributed by atoms with Crippen LogP contribution in [-0.4, -0.2) is 29.6 Å². The van der Waals surface area contributed by atoms with Crippen molar-refractivity contribution in [1.82, 2.24) is 10.2 Å². The maximum atomic E-state index is 12.5. The maximum Gasteiger partial charge on any atom is 0.241 e. The summed E-state index contributed by atoms with van der Waals surface area (Å²) in [4.78, 5) is 14.6. The Morgan fingerprint density at radius 2 is 1.84 bits per heavy atom. The van der Waals surface area contributed by atoms with Crippen molar-refractivity contribution >= 4 is 5.91 Å². The lowest BCUT2D eigenvalue weighted by Crippen LogP contribution is -2.44. The minimum Gasteiger partial charge on any atom is -0.325 e. The van der Waals surface area contributed by atoms with Crippen LogP contribution in [0.25, 0.3) is 0 Å². The first-order valence-electron chi connectivity index (χ1n) is 7.95. The fraction of sp³-hybridized carbons (Fsp3) is 0.938. The molecule has 1 heterocycles. The van der Waals surface area contributed by atoms with Crippen LogP contribution in [0.15, 0.2) is 0 Å². The zero-order valence-corrected chi connectivity index (χ0v) is 13.6. The molecule has 3 nitrogen and oxygen atoms in total. The molecule has 0 aliphatic carbocycles. The molecule has 1 saturated heterocycles. The topological polar surface area (TPSA) is 32.3 Å². The molecule has 3 unspecified atom stereocenters. The molecule has 1 aliphatic heterocycles. The first kappa shape index (κ1) is 16.5. The lowest BCUT2D eigenvalue weighted by Gasteiger charge is -2.30. The SMILES string of the molecule is CCCCC1NC(C(C)C)N(CC(C)C(C)C)C1=O. The van der Waals surface area contributed by atoms with Crippen LogP contribution >= 0.6 is 0 Å². The van der Waals surface area contributed by atoms with Gasteiger partial charge >= 0.3 is 0 Å². The van der Waals surface area contributed by atoms with Gasteiger partial charge in [0.05, 0.1) is 12.2 Å². The van der Waals surface area contributed by atoms with Crippen LogP contribution in [-0.2, 0) is 4.79 Å². The van der Waals surface area contributed by atoms with E-state index in [2.05, 4.69) is 51.8 Å². The van der Waals surface area contributed by atoms with Gasteiger partial charge in [-0.25, -0.2) is 0 Å². The summed E-state index contributed by atoms with van der Waals surface area (Å²) in [5, 5.41) is 3.55. The highest BCUT2D eigenvalue weighted by atomic mass is 16.2. The van der Waals surface area contributed by atoms with Gasteiger partial charge in [-0.15, -0.1) is 0 Å². The molecular formula is C16H32N2O. The van der Waals surface area contributed by atoms with Gasteiger partial charge in [0.2, 0.25) is 5.91 Å². The Morgan fingerprint density at radius 3 is 2.32 bits per heavy atom. The predicted octanol–water partition coefficient (Wildman–Crippen LogP) is 3.25. The highest BCUT2D eigenvalue weighted by Crippen LogP contribution is 2.23. The first-order valence-corrected chi connectivity index (χ1v) is 7.95. The fourth-order valence-electron chi connectivity index (χ4n) is 2.60. The van der Waals surface area contributed by atoms with Crippen molar-refractivity contribution in [3.8, 4) is 0 Å². The predicted molar refractivity (Wildman–Crippen MR) is 80.8 cm³/mol. The third kappa shape index (κ3) is 4.20. The highest BCUT2D eigenvalue weighted by molar-refractivity contribution is 5.84. The van der Waals surface area contributed by atoms with Crippen molar-refractivity contribution in [2.45, 2.75) is 73.0 Å². The van der Waals surface area contributed by atoms with Gasteiger partial charge in [0, 0.05) is 6.54 Å². The molecule has 0 aromatic rings. The summed E-state index contributed by atoms with van der Waals surface area (Å²) in [5.74, 6) is 1.96. The van der Waals surface area contributed by atoms with Crippen LogP contribution in [0.5, 0.6) is 0 Å². The molecule has 0 aromatic carbocycles. The van der Waals surface area contributed by atoms with Gasteiger partial charge in [0.15, 0.2) is 0 Å². The summed E-state index contributed by atoms with van der Waals surface area (Å²) < 4.78 is 0. The van der Waals surface area contributed by atoms with Gasteiger partial charge in [-0.3, -0.25) is 10.1 Å². The quantitative estimate of drug-likeness (QED) is 0.768. The van der Waals surface area contributed by atoms with Crippen LogP contribution in [0.2, 0.25) is 0 Å². The summed E-state index contributed by atoms with van der Waals surface area (Å²) in [7, 11) is 0.